The van der Waals surface area contributed by atoms with Crippen LogP contribution < -0.4 is 15.4 Å². The van der Waals surface area contributed by atoms with Crippen molar-refractivity contribution in [3.8, 4) is 5.75 Å². The molecule has 8 heteroatoms. The van der Waals surface area contributed by atoms with E-state index in [1.54, 1.807) is 25.4 Å². The van der Waals surface area contributed by atoms with Gasteiger partial charge in [0.2, 0.25) is 0 Å². The molecule has 2 heterocycles. The van der Waals surface area contributed by atoms with Gasteiger partial charge in [-0.2, -0.15) is 0 Å². The fourth-order valence-electron chi connectivity index (χ4n) is 4.69. The molecule has 0 fully saturated rings. The highest BCUT2D eigenvalue weighted by Crippen LogP contribution is 2.47. The Morgan fingerprint density at radius 3 is 2.67 bits per heavy atom. The number of fused-ring (bicyclic) bond motifs is 1. The van der Waals surface area contributed by atoms with Crippen molar-refractivity contribution in [1.82, 2.24) is 9.97 Å². The van der Waals surface area contributed by atoms with Crippen LogP contribution in [0, 0.1) is 13.8 Å². The number of aromatic nitrogens is 2. The number of nitrogens with two attached hydrogens (primary N) is 1. The Morgan fingerprint density at radius 2 is 2.00 bits per heavy atom. The summed E-state index contributed by atoms with van der Waals surface area (Å²) in [5, 5.41) is 11.9. The molecule has 3 aromatic rings. The lowest BCUT2D eigenvalue weighted by atomic mass is 9.83. The standard InChI is InChI=1S/C25H32N4O4/c1-15-7-6-8-19(16(15)2)29(14-21-27-11-12-28-21)22-18-13-17(26)9-10-20(18)33-25(3,23(22)30)24(31-4)32-5/h6-13,22-24,30H,14,26H2,1-5H3,(H,27,28)/t22-,23+,25+/m0/s1. The number of nitrogens with one attached hydrogen (secondary N) is 1. The van der Waals surface area contributed by atoms with Gasteiger partial charge >= 0.3 is 0 Å². The molecular formula is C25H32N4O4. The average Bonchev–Trinajstić information content (AvgIpc) is 3.30. The first-order valence-electron chi connectivity index (χ1n) is 10.9. The Kier molecular flexibility index (Phi) is 6.34. The van der Waals surface area contributed by atoms with E-state index in [0.29, 0.717) is 18.0 Å². The smallest absolute Gasteiger partial charge is 0.199 e. The number of aromatic amines is 1. The van der Waals surface area contributed by atoms with E-state index in [1.165, 1.54) is 14.2 Å². The van der Waals surface area contributed by atoms with Crippen LogP contribution in [-0.4, -0.2) is 47.3 Å². The molecule has 2 aromatic carbocycles. The van der Waals surface area contributed by atoms with Gasteiger partial charge in [-0.3, -0.25) is 0 Å². The third-order valence-corrected chi connectivity index (χ3v) is 6.56. The topological polar surface area (TPSA) is 106 Å². The monoisotopic (exact) mass is 452 g/mol. The number of methoxy groups -OCH3 is 2. The molecule has 0 saturated carbocycles. The molecule has 0 amide bonds. The van der Waals surface area contributed by atoms with E-state index in [-0.39, 0.29) is 0 Å². The number of benzene rings is 2. The van der Waals surface area contributed by atoms with Crippen LogP contribution in [0.5, 0.6) is 5.75 Å². The lowest BCUT2D eigenvalue weighted by molar-refractivity contribution is -0.237. The average molecular weight is 453 g/mol. The SMILES string of the molecule is COC(OC)[C@]1(C)Oc2ccc(N)cc2[C@H](N(Cc2ncc[nH]2)c2cccc(C)c2C)[C@H]1O. The van der Waals surface area contributed by atoms with E-state index in [1.807, 2.05) is 18.2 Å². The van der Waals surface area contributed by atoms with Crippen LogP contribution in [0.2, 0.25) is 0 Å². The van der Waals surface area contributed by atoms with Gasteiger partial charge in [0.25, 0.3) is 0 Å². The van der Waals surface area contributed by atoms with Crippen LogP contribution in [0.25, 0.3) is 0 Å². The van der Waals surface area contributed by atoms with Crippen molar-refractivity contribution in [2.75, 3.05) is 24.9 Å². The van der Waals surface area contributed by atoms with E-state index in [2.05, 4.69) is 40.8 Å². The molecule has 1 aliphatic heterocycles. The molecule has 0 saturated heterocycles. The Bertz CT molecular complexity index is 1100. The van der Waals surface area contributed by atoms with E-state index >= 15 is 0 Å². The number of H-pyrrole nitrogens is 1. The van der Waals surface area contributed by atoms with Crippen molar-refractivity contribution in [2.24, 2.45) is 0 Å². The predicted molar refractivity (Wildman–Crippen MR) is 127 cm³/mol. The quantitative estimate of drug-likeness (QED) is 0.372. The van der Waals surface area contributed by atoms with E-state index in [0.717, 1.165) is 28.2 Å². The molecule has 0 spiro atoms. The lowest BCUT2D eigenvalue weighted by Crippen LogP contribution is -2.62. The molecule has 0 radical (unpaired) electrons. The molecule has 1 aliphatic rings. The number of nitrogen functional groups attached to an aromatic ring is 1. The second-order valence-corrected chi connectivity index (χ2v) is 8.66. The number of rotatable bonds is 7. The van der Waals surface area contributed by atoms with Gasteiger partial charge in [0.05, 0.1) is 12.6 Å². The second-order valence-electron chi connectivity index (χ2n) is 8.66. The van der Waals surface area contributed by atoms with Crippen LogP contribution in [0.15, 0.2) is 48.8 Å². The Balaban J connectivity index is 1.93. The van der Waals surface area contributed by atoms with E-state index in [4.69, 9.17) is 19.9 Å². The summed E-state index contributed by atoms with van der Waals surface area (Å²) >= 11 is 0. The molecule has 8 nitrogen and oxygen atoms in total. The molecule has 1 aromatic heterocycles. The van der Waals surface area contributed by atoms with Gasteiger partial charge in [0, 0.05) is 43.6 Å². The van der Waals surface area contributed by atoms with Crippen LogP contribution >= 0.6 is 0 Å². The van der Waals surface area contributed by atoms with Crippen molar-refractivity contribution in [1.29, 1.82) is 0 Å². The summed E-state index contributed by atoms with van der Waals surface area (Å²) in [5.74, 6) is 1.40. The maximum atomic E-state index is 11.9. The summed E-state index contributed by atoms with van der Waals surface area (Å²) < 4.78 is 17.5. The van der Waals surface area contributed by atoms with Crippen LogP contribution in [0.3, 0.4) is 0 Å². The number of nitrogens with zero attached hydrogens (tertiary/aromatic N) is 2. The van der Waals surface area contributed by atoms with E-state index < -0.39 is 24.0 Å². The summed E-state index contributed by atoms with van der Waals surface area (Å²) in [6, 6.07) is 11.1. The van der Waals surface area contributed by atoms with Crippen molar-refractivity contribution >= 4 is 11.4 Å². The number of aliphatic hydroxyl groups is 1. The Hall–Kier alpha value is -3.07. The van der Waals surface area contributed by atoms with Gasteiger partial charge in [0.15, 0.2) is 11.9 Å². The van der Waals surface area contributed by atoms with Crippen molar-refractivity contribution < 1.29 is 19.3 Å². The predicted octanol–water partition coefficient (Wildman–Crippen LogP) is 3.49. The molecule has 0 aliphatic carbocycles. The van der Waals surface area contributed by atoms with Gasteiger partial charge in [-0.05, 0) is 56.2 Å². The third kappa shape index (κ3) is 4.06. The molecule has 0 bridgehead atoms. The number of anilines is 2. The van der Waals surface area contributed by atoms with Gasteiger partial charge in [-0.1, -0.05) is 12.1 Å². The molecule has 4 rings (SSSR count). The summed E-state index contributed by atoms with van der Waals surface area (Å²) in [7, 11) is 3.07. The van der Waals surface area contributed by atoms with E-state index in [9.17, 15) is 5.11 Å². The zero-order valence-corrected chi connectivity index (χ0v) is 19.7. The lowest BCUT2D eigenvalue weighted by Gasteiger charge is -2.50. The summed E-state index contributed by atoms with van der Waals surface area (Å²) in [4.78, 5) is 9.78. The van der Waals surface area contributed by atoms with Crippen LogP contribution in [0.4, 0.5) is 11.4 Å². The minimum absolute atomic E-state index is 0.438. The maximum absolute atomic E-state index is 11.9. The number of aliphatic hydroxyl groups excluding tert-OH is 1. The number of hydrogen-bond donors (Lipinski definition) is 3. The number of ether oxygens (including phenoxy) is 3. The van der Waals surface area contributed by atoms with Crippen LogP contribution in [-0.2, 0) is 16.0 Å². The summed E-state index contributed by atoms with van der Waals surface area (Å²) in [6.07, 6.45) is 1.69. The normalized spacial score (nSPS) is 22.2. The molecule has 3 atom stereocenters. The minimum atomic E-state index is -1.18. The largest absolute Gasteiger partial charge is 0.479 e. The third-order valence-electron chi connectivity index (χ3n) is 6.56. The number of aryl methyl sites for hydroxylation is 1. The molecule has 0 unspecified atom stereocenters. The number of imidazole rings is 1. The van der Waals surface area contributed by atoms with Crippen molar-refractivity contribution in [3.05, 3.63) is 71.3 Å². The second kappa shape index (κ2) is 9.05. The minimum Gasteiger partial charge on any atom is -0.479 e. The zero-order chi connectivity index (χ0) is 23.8. The fourth-order valence-corrected chi connectivity index (χ4v) is 4.69. The van der Waals surface area contributed by atoms with Crippen molar-refractivity contribution in [3.63, 3.8) is 0 Å². The highest BCUT2D eigenvalue weighted by atomic mass is 16.7. The Morgan fingerprint density at radius 1 is 1.24 bits per heavy atom. The first-order valence-corrected chi connectivity index (χ1v) is 10.9. The van der Waals surface area contributed by atoms with Gasteiger partial charge in [0.1, 0.15) is 17.7 Å². The summed E-state index contributed by atoms with van der Waals surface area (Å²) in [5.41, 5.74) is 9.63. The fraction of sp³-hybridized carbons (Fsp3) is 0.400. The van der Waals surface area contributed by atoms with Crippen LogP contribution in [0.1, 0.15) is 35.5 Å². The molecular weight excluding hydrogens is 420 g/mol. The van der Waals surface area contributed by atoms with Gasteiger partial charge in [-0.25, -0.2) is 4.98 Å². The first-order chi connectivity index (χ1) is 15.8. The Labute approximate surface area is 194 Å². The molecule has 33 heavy (non-hydrogen) atoms. The first kappa shape index (κ1) is 23.1. The molecule has 176 valence electrons. The highest BCUT2D eigenvalue weighted by molar-refractivity contribution is 5.61. The molecule has 4 N–H and O–H groups in total. The number of hydrogen-bond acceptors (Lipinski definition) is 7. The zero-order valence-electron chi connectivity index (χ0n) is 19.7. The highest BCUT2D eigenvalue weighted by Gasteiger charge is 2.54. The van der Waals surface area contributed by atoms with Gasteiger partial charge < -0.3 is 34.9 Å². The summed E-state index contributed by atoms with van der Waals surface area (Å²) in [6.45, 7) is 6.40. The maximum Gasteiger partial charge on any atom is 0.199 e. The van der Waals surface area contributed by atoms with Gasteiger partial charge in [-0.15, -0.1) is 0 Å². The van der Waals surface area contributed by atoms with Crippen molar-refractivity contribution in [2.45, 2.75) is 51.4 Å².